The summed E-state index contributed by atoms with van der Waals surface area (Å²) in [7, 11) is -3.83. The Morgan fingerprint density at radius 1 is 1.00 bits per heavy atom. The van der Waals surface area contributed by atoms with Crippen molar-refractivity contribution in [1.82, 2.24) is 20.2 Å². The maximum absolute atomic E-state index is 12.9. The number of nitrogens with one attached hydrogen (secondary N) is 2. The second-order valence-electron chi connectivity index (χ2n) is 9.08. The van der Waals surface area contributed by atoms with E-state index in [0.29, 0.717) is 43.1 Å². The molecule has 0 atom stereocenters. The van der Waals surface area contributed by atoms with Crippen molar-refractivity contribution in [3.05, 3.63) is 71.5 Å². The van der Waals surface area contributed by atoms with Crippen LogP contribution in [0.4, 0.5) is 17.3 Å². The largest absolute Gasteiger partial charge is 0.355 e. The van der Waals surface area contributed by atoms with E-state index in [1.807, 2.05) is 29.6 Å². The first kappa shape index (κ1) is 25.7. The second-order valence-corrected chi connectivity index (χ2v) is 11.7. The van der Waals surface area contributed by atoms with Crippen LogP contribution in [0, 0.1) is 19.8 Å². The Labute approximate surface area is 225 Å². The molecular weight excluding hydrogens is 522 g/mol. The molecule has 1 aliphatic heterocycles. The number of hydrogen-bond donors (Lipinski definition) is 2. The molecule has 0 aliphatic carbocycles. The summed E-state index contributed by atoms with van der Waals surface area (Å²) in [5, 5.41) is 13.7. The fourth-order valence-electron chi connectivity index (χ4n) is 4.35. The van der Waals surface area contributed by atoms with E-state index in [1.54, 1.807) is 43.4 Å². The molecule has 1 fully saturated rings. The van der Waals surface area contributed by atoms with Crippen molar-refractivity contribution in [3.63, 3.8) is 0 Å². The number of hydrogen-bond acceptors (Lipinski definition) is 9. The van der Waals surface area contributed by atoms with Crippen LogP contribution in [0.15, 0.2) is 64.9 Å². The van der Waals surface area contributed by atoms with Crippen molar-refractivity contribution in [1.29, 1.82) is 0 Å². The Hall–Kier alpha value is -3.90. The standard InChI is InChI=1S/C26H27N7O3S2/c1-17-16-24(28-18(2)27-17)32-38(35,36)21-7-5-20(6-8-21)29-26(34)19-11-13-33(14-12-19)25-10-9-22(30-31-25)23-4-3-15-37-23/h3-10,15-16,19H,11-14H2,1-2H3,(H,29,34)(H,27,28,32). The molecule has 1 saturated heterocycles. The molecule has 2 N–H and O–H groups in total. The minimum absolute atomic E-state index is 0.0731. The van der Waals surface area contributed by atoms with Crippen LogP contribution < -0.4 is 14.9 Å². The molecule has 10 nitrogen and oxygen atoms in total. The van der Waals surface area contributed by atoms with E-state index in [2.05, 4.69) is 35.1 Å². The lowest BCUT2D eigenvalue weighted by atomic mass is 9.96. The summed E-state index contributed by atoms with van der Waals surface area (Å²) >= 11 is 1.63. The second kappa shape index (κ2) is 10.8. The molecule has 0 bridgehead atoms. The lowest BCUT2D eigenvalue weighted by molar-refractivity contribution is -0.120. The van der Waals surface area contributed by atoms with E-state index in [4.69, 9.17) is 0 Å². The molecule has 0 saturated carbocycles. The highest BCUT2D eigenvalue weighted by Gasteiger charge is 2.26. The minimum atomic E-state index is -3.83. The number of carbonyl (C=O) groups is 1. The molecule has 5 rings (SSSR count). The van der Waals surface area contributed by atoms with Gasteiger partial charge < -0.3 is 10.2 Å². The Balaban J connectivity index is 1.15. The van der Waals surface area contributed by atoms with Crippen LogP contribution >= 0.6 is 11.3 Å². The quantitative estimate of drug-likeness (QED) is 0.350. The normalized spacial score (nSPS) is 14.3. The molecular formula is C26H27N7O3S2. The Bertz CT molecular complexity index is 1500. The number of amides is 1. The fraction of sp³-hybridized carbons (Fsp3) is 0.269. The van der Waals surface area contributed by atoms with Gasteiger partial charge in [0.05, 0.1) is 9.77 Å². The van der Waals surface area contributed by atoms with Gasteiger partial charge in [-0.1, -0.05) is 6.07 Å². The summed E-state index contributed by atoms with van der Waals surface area (Å²) in [6, 6.07) is 15.6. The number of benzene rings is 1. The van der Waals surface area contributed by atoms with E-state index in [1.165, 1.54) is 12.1 Å². The average molecular weight is 550 g/mol. The highest BCUT2D eigenvalue weighted by molar-refractivity contribution is 7.92. The molecule has 196 valence electrons. The third-order valence-corrected chi connectivity index (χ3v) is 8.51. The average Bonchev–Trinajstić information content (AvgIpc) is 3.44. The number of thiophene rings is 1. The topological polar surface area (TPSA) is 130 Å². The molecule has 0 unspecified atom stereocenters. The summed E-state index contributed by atoms with van der Waals surface area (Å²) in [6.45, 7) is 4.88. The molecule has 4 aromatic rings. The van der Waals surface area contributed by atoms with Gasteiger partial charge in [0, 0.05) is 36.5 Å². The van der Waals surface area contributed by atoms with Crippen molar-refractivity contribution >= 4 is 44.6 Å². The highest BCUT2D eigenvalue weighted by Crippen LogP contribution is 2.26. The van der Waals surface area contributed by atoms with Crippen LogP contribution in [0.5, 0.6) is 0 Å². The zero-order valence-electron chi connectivity index (χ0n) is 21.0. The first-order chi connectivity index (χ1) is 18.3. The van der Waals surface area contributed by atoms with Gasteiger partial charge >= 0.3 is 0 Å². The van der Waals surface area contributed by atoms with Gasteiger partial charge in [0.2, 0.25) is 5.91 Å². The van der Waals surface area contributed by atoms with E-state index in [9.17, 15) is 13.2 Å². The van der Waals surface area contributed by atoms with E-state index >= 15 is 0 Å². The fourth-order valence-corrected chi connectivity index (χ4v) is 6.03. The maximum Gasteiger partial charge on any atom is 0.263 e. The monoisotopic (exact) mass is 549 g/mol. The Morgan fingerprint density at radius 2 is 1.76 bits per heavy atom. The lowest BCUT2D eigenvalue weighted by Gasteiger charge is -2.31. The predicted molar refractivity (Wildman–Crippen MR) is 148 cm³/mol. The summed E-state index contributed by atoms with van der Waals surface area (Å²) in [4.78, 5) is 24.4. The van der Waals surface area contributed by atoms with Crippen LogP contribution in [0.25, 0.3) is 10.6 Å². The third-order valence-electron chi connectivity index (χ3n) is 6.25. The number of carbonyl (C=O) groups excluding carboxylic acids is 1. The number of anilines is 3. The molecule has 0 spiro atoms. The molecule has 38 heavy (non-hydrogen) atoms. The molecule has 3 aromatic heterocycles. The number of aryl methyl sites for hydroxylation is 2. The Morgan fingerprint density at radius 3 is 2.39 bits per heavy atom. The maximum atomic E-state index is 12.9. The van der Waals surface area contributed by atoms with E-state index in [-0.39, 0.29) is 22.5 Å². The van der Waals surface area contributed by atoms with Gasteiger partial charge in [-0.15, -0.1) is 21.5 Å². The van der Waals surface area contributed by atoms with Crippen molar-refractivity contribution in [3.8, 4) is 10.6 Å². The zero-order chi connectivity index (χ0) is 26.7. The predicted octanol–water partition coefficient (Wildman–Crippen LogP) is 4.27. The smallest absolute Gasteiger partial charge is 0.263 e. The first-order valence-corrected chi connectivity index (χ1v) is 14.5. The number of rotatable bonds is 7. The van der Waals surface area contributed by atoms with E-state index in [0.717, 1.165) is 16.4 Å². The van der Waals surface area contributed by atoms with Crippen molar-refractivity contribution in [2.75, 3.05) is 28.0 Å². The van der Waals surface area contributed by atoms with Crippen LogP contribution in [-0.2, 0) is 14.8 Å². The van der Waals surface area contributed by atoms with Crippen LogP contribution in [0.3, 0.4) is 0 Å². The molecule has 1 amide bonds. The Kier molecular flexibility index (Phi) is 7.34. The highest BCUT2D eigenvalue weighted by atomic mass is 32.2. The number of aromatic nitrogens is 4. The number of nitrogens with zero attached hydrogens (tertiary/aromatic N) is 5. The molecule has 1 aliphatic rings. The van der Waals surface area contributed by atoms with Gasteiger partial charge in [0.1, 0.15) is 17.3 Å². The summed E-state index contributed by atoms with van der Waals surface area (Å²) in [6.07, 6.45) is 1.38. The van der Waals surface area contributed by atoms with Gasteiger partial charge in [-0.2, -0.15) is 0 Å². The van der Waals surface area contributed by atoms with Gasteiger partial charge in [0.15, 0.2) is 5.82 Å². The zero-order valence-corrected chi connectivity index (χ0v) is 22.6. The lowest BCUT2D eigenvalue weighted by Crippen LogP contribution is -2.38. The van der Waals surface area contributed by atoms with Gasteiger partial charge in [-0.25, -0.2) is 18.4 Å². The summed E-state index contributed by atoms with van der Waals surface area (Å²) in [5.41, 5.74) is 2.06. The molecule has 4 heterocycles. The third kappa shape index (κ3) is 5.97. The number of sulfonamides is 1. The van der Waals surface area contributed by atoms with Gasteiger partial charge in [-0.05, 0) is 74.5 Å². The SMILES string of the molecule is Cc1cc(NS(=O)(=O)c2ccc(NC(=O)C3CCN(c4ccc(-c5cccs5)nn4)CC3)cc2)nc(C)n1. The summed E-state index contributed by atoms with van der Waals surface area (Å²) in [5.74, 6) is 1.28. The molecule has 12 heteroatoms. The van der Waals surface area contributed by atoms with E-state index < -0.39 is 10.0 Å². The van der Waals surface area contributed by atoms with Crippen molar-refractivity contribution < 1.29 is 13.2 Å². The molecule has 0 radical (unpaired) electrons. The van der Waals surface area contributed by atoms with Crippen LogP contribution in [0.2, 0.25) is 0 Å². The molecule has 1 aromatic carbocycles. The number of piperidine rings is 1. The van der Waals surface area contributed by atoms with Crippen LogP contribution in [-0.4, -0.2) is 47.6 Å². The van der Waals surface area contributed by atoms with Crippen molar-refractivity contribution in [2.45, 2.75) is 31.6 Å². The van der Waals surface area contributed by atoms with Gasteiger partial charge in [0.25, 0.3) is 10.0 Å². The summed E-state index contributed by atoms with van der Waals surface area (Å²) < 4.78 is 28.0. The minimum Gasteiger partial charge on any atom is -0.355 e. The first-order valence-electron chi connectivity index (χ1n) is 12.2. The van der Waals surface area contributed by atoms with Gasteiger partial charge in [-0.3, -0.25) is 9.52 Å². The van der Waals surface area contributed by atoms with Crippen LogP contribution in [0.1, 0.15) is 24.4 Å². The van der Waals surface area contributed by atoms with Crippen molar-refractivity contribution in [2.24, 2.45) is 5.92 Å².